The number of aromatic amines is 1. The van der Waals surface area contributed by atoms with Gasteiger partial charge in [0.15, 0.2) is 0 Å². The lowest BCUT2D eigenvalue weighted by molar-refractivity contribution is 1.05. The van der Waals surface area contributed by atoms with Crippen LogP contribution in [0.3, 0.4) is 0 Å². The van der Waals surface area contributed by atoms with E-state index in [0.29, 0.717) is 12.5 Å². The normalized spacial score (nSPS) is 10.4. The third-order valence-corrected chi connectivity index (χ3v) is 3.25. The van der Waals surface area contributed by atoms with Crippen LogP contribution in [-0.2, 0) is 6.54 Å². The molecule has 0 radical (unpaired) electrons. The minimum atomic E-state index is 0.617. The molecule has 20 heavy (non-hydrogen) atoms. The van der Waals surface area contributed by atoms with Crippen molar-refractivity contribution in [2.24, 2.45) is 0 Å². The van der Waals surface area contributed by atoms with Crippen LogP contribution < -0.4 is 5.32 Å². The Labute approximate surface area is 124 Å². The molecule has 0 amide bonds. The third kappa shape index (κ3) is 3.03. The summed E-state index contributed by atoms with van der Waals surface area (Å²) in [6.07, 6.45) is 5.18. The summed E-state index contributed by atoms with van der Waals surface area (Å²) in [5.74, 6) is 0.617. The van der Waals surface area contributed by atoms with Gasteiger partial charge in [0.2, 0.25) is 5.95 Å². The number of aromatic nitrogens is 4. The molecule has 6 heteroatoms. The van der Waals surface area contributed by atoms with Gasteiger partial charge in [-0.3, -0.25) is 5.10 Å². The Morgan fingerprint density at radius 2 is 1.80 bits per heavy atom. The highest BCUT2D eigenvalue weighted by atomic mass is 79.9. The zero-order chi connectivity index (χ0) is 13.8. The Bertz CT molecular complexity index is 662. The van der Waals surface area contributed by atoms with Crippen molar-refractivity contribution in [3.05, 3.63) is 59.0 Å². The number of halogens is 1. The van der Waals surface area contributed by atoms with Crippen molar-refractivity contribution in [2.45, 2.75) is 6.54 Å². The first-order valence-electron chi connectivity index (χ1n) is 6.11. The van der Waals surface area contributed by atoms with Gasteiger partial charge in [-0.1, -0.05) is 24.3 Å². The van der Waals surface area contributed by atoms with Gasteiger partial charge in [0.1, 0.15) is 0 Å². The zero-order valence-electron chi connectivity index (χ0n) is 10.5. The number of anilines is 1. The monoisotopic (exact) mass is 329 g/mol. The molecule has 3 aromatic rings. The summed E-state index contributed by atoms with van der Waals surface area (Å²) in [7, 11) is 0. The number of hydrogen-bond acceptors (Lipinski definition) is 4. The molecular weight excluding hydrogens is 318 g/mol. The summed E-state index contributed by atoms with van der Waals surface area (Å²) in [6, 6.07) is 10.2. The largest absolute Gasteiger partial charge is 0.350 e. The fraction of sp³-hybridized carbons (Fsp3) is 0.0714. The van der Waals surface area contributed by atoms with E-state index in [0.717, 1.165) is 15.7 Å². The van der Waals surface area contributed by atoms with Gasteiger partial charge in [-0.2, -0.15) is 5.10 Å². The summed E-state index contributed by atoms with van der Waals surface area (Å²) in [5.41, 5.74) is 3.30. The summed E-state index contributed by atoms with van der Waals surface area (Å²) in [5, 5.41) is 10.1. The van der Waals surface area contributed by atoms with Gasteiger partial charge in [-0.15, -0.1) is 0 Å². The molecule has 2 heterocycles. The molecule has 3 rings (SSSR count). The average Bonchev–Trinajstić information content (AvgIpc) is 3.01. The van der Waals surface area contributed by atoms with Crippen LogP contribution >= 0.6 is 15.9 Å². The van der Waals surface area contributed by atoms with Crippen molar-refractivity contribution in [1.82, 2.24) is 20.2 Å². The average molecular weight is 330 g/mol. The smallest absolute Gasteiger partial charge is 0.222 e. The number of nitrogens with one attached hydrogen (secondary N) is 2. The second-order valence-corrected chi connectivity index (χ2v) is 5.16. The van der Waals surface area contributed by atoms with Crippen molar-refractivity contribution in [3.63, 3.8) is 0 Å². The summed E-state index contributed by atoms with van der Waals surface area (Å²) in [4.78, 5) is 8.34. The molecular formula is C14H12BrN5. The van der Waals surface area contributed by atoms with Crippen LogP contribution in [0.4, 0.5) is 5.95 Å². The molecule has 1 aromatic carbocycles. The van der Waals surface area contributed by atoms with E-state index in [1.165, 1.54) is 5.56 Å². The fourth-order valence-electron chi connectivity index (χ4n) is 1.80. The number of H-pyrrole nitrogens is 1. The maximum Gasteiger partial charge on any atom is 0.222 e. The lowest BCUT2D eigenvalue weighted by Crippen LogP contribution is -2.02. The van der Waals surface area contributed by atoms with Gasteiger partial charge in [0.05, 0.1) is 10.2 Å². The predicted molar refractivity (Wildman–Crippen MR) is 81.1 cm³/mol. The maximum atomic E-state index is 4.17. The van der Waals surface area contributed by atoms with Crippen molar-refractivity contribution < 1.29 is 0 Å². The molecule has 0 spiro atoms. The van der Waals surface area contributed by atoms with Gasteiger partial charge in [-0.25, -0.2) is 9.97 Å². The molecule has 0 atom stereocenters. The van der Waals surface area contributed by atoms with E-state index in [4.69, 9.17) is 0 Å². The Morgan fingerprint density at radius 3 is 2.45 bits per heavy atom. The van der Waals surface area contributed by atoms with Crippen LogP contribution in [-0.4, -0.2) is 20.2 Å². The van der Waals surface area contributed by atoms with Crippen molar-refractivity contribution >= 4 is 21.9 Å². The molecule has 0 saturated heterocycles. The van der Waals surface area contributed by atoms with Crippen LogP contribution in [0.2, 0.25) is 0 Å². The van der Waals surface area contributed by atoms with Crippen LogP contribution in [0.25, 0.3) is 11.3 Å². The highest BCUT2D eigenvalue weighted by Crippen LogP contribution is 2.17. The van der Waals surface area contributed by atoms with Gasteiger partial charge < -0.3 is 5.32 Å². The molecule has 5 nitrogen and oxygen atoms in total. The molecule has 2 aromatic heterocycles. The highest BCUT2D eigenvalue weighted by molar-refractivity contribution is 9.10. The van der Waals surface area contributed by atoms with E-state index in [9.17, 15) is 0 Å². The van der Waals surface area contributed by atoms with Crippen LogP contribution in [0, 0.1) is 0 Å². The van der Waals surface area contributed by atoms with Crippen molar-refractivity contribution in [2.75, 3.05) is 5.32 Å². The SMILES string of the molecule is Brc1cnc(NCc2ccc(-c3ccn[nH]3)cc2)nc1. The molecule has 0 aliphatic heterocycles. The fourth-order valence-corrected chi connectivity index (χ4v) is 2.01. The lowest BCUT2D eigenvalue weighted by atomic mass is 10.1. The first-order valence-corrected chi connectivity index (χ1v) is 6.91. The first-order chi connectivity index (χ1) is 9.81. The van der Waals surface area contributed by atoms with Crippen molar-refractivity contribution in [1.29, 1.82) is 0 Å². The van der Waals surface area contributed by atoms with Gasteiger partial charge in [0, 0.05) is 25.1 Å². The molecule has 100 valence electrons. The molecule has 2 N–H and O–H groups in total. The van der Waals surface area contributed by atoms with Crippen LogP contribution in [0.15, 0.2) is 53.4 Å². The van der Waals surface area contributed by atoms with E-state index in [1.54, 1.807) is 18.6 Å². The lowest BCUT2D eigenvalue weighted by Gasteiger charge is -2.05. The van der Waals surface area contributed by atoms with Crippen LogP contribution in [0.1, 0.15) is 5.56 Å². The van der Waals surface area contributed by atoms with E-state index in [1.807, 2.05) is 6.07 Å². The summed E-state index contributed by atoms with van der Waals surface area (Å²) < 4.78 is 0.868. The molecule has 0 aliphatic rings. The third-order valence-electron chi connectivity index (χ3n) is 2.84. The molecule has 0 aliphatic carbocycles. The standard InChI is InChI=1S/C14H12BrN5/c15-12-8-17-14(18-9-12)16-7-10-1-3-11(4-2-10)13-5-6-19-20-13/h1-6,8-9H,7H2,(H,19,20)(H,16,17,18). The summed E-state index contributed by atoms with van der Waals surface area (Å²) in [6.45, 7) is 0.685. The molecule has 0 fully saturated rings. The van der Waals surface area contributed by atoms with E-state index in [2.05, 4.69) is 65.7 Å². The van der Waals surface area contributed by atoms with E-state index < -0.39 is 0 Å². The highest BCUT2D eigenvalue weighted by Gasteiger charge is 2.00. The molecule has 0 unspecified atom stereocenters. The Balaban J connectivity index is 1.65. The predicted octanol–water partition coefficient (Wildman–Crippen LogP) is 3.24. The first kappa shape index (κ1) is 12.8. The number of nitrogens with zero attached hydrogens (tertiary/aromatic N) is 3. The van der Waals surface area contributed by atoms with E-state index in [-0.39, 0.29) is 0 Å². The second-order valence-electron chi connectivity index (χ2n) is 4.25. The quantitative estimate of drug-likeness (QED) is 0.771. The van der Waals surface area contributed by atoms with Gasteiger partial charge >= 0.3 is 0 Å². The summed E-state index contributed by atoms with van der Waals surface area (Å²) >= 11 is 3.31. The van der Waals surface area contributed by atoms with Crippen LogP contribution in [0.5, 0.6) is 0 Å². The Kier molecular flexibility index (Phi) is 3.73. The number of benzene rings is 1. The minimum Gasteiger partial charge on any atom is -0.350 e. The van der Waals surface area contributed by atoms with Gasteiger partial charge in [0.25, 0.3) is 0 Å². The van der Waals surface area contributed by atoms with E-state index >= 15 is 0 Å². The maximum absolute atomic E-state index is 4.17. The zero-order valence-corrected chi connectivity index (χ0v) is 12.1. The number of hydrogen-bond donors (Lipinski definition) is 2. The minimum absolute atomic E-state index is 0.617. The Hall–Kier alpha value is -2.21. The topological polar surface area (TPSA) is 66.5 Å². The van der Waals surface area contributed by atoms with Gasteiger partial charge in [-0.05, 0) is 33.1 Å². The molecule has 0 bridgehead atoms. The van der Waals surface area contributed by atoms with Crippen molar-refractivity contribution in [3.8, 4) is 11.3 Å². The Morgan fingerprint density at radius 1 is 1.05 bits per heavy atom. The molecule has 0 saturated carbocycles. The number of rotatable bonds is 4. The second kappa shape index (κ2) is 5.83.